The maximum atomic E-state index is 12.3. The number of ether oxygens (including phenoxy) is 2. The van der Waals surface area contributed by atoms with Gasteiger partial charge in [0.2, 0.25) is 0 Å². The molecule has 2 amide bonds. The van der Waals surface area contributed by atoms with Crippen LogP contribution in [0.25, 0.3) is 0 Å². The second-order valence-electron chi connectivity index (χ2n) is 6.88. The highest BCUT2D eigenvalue weighted by atomic mass is 35.5. The number of anilines is 1. The molecular weight excluding hydrogens is 481 g/mol. The molecule has 2 N–H and O–H groups in total. The standard InChI is InChI=1S/C24H19Cl2N3O5/c1-14-18(26)7-4-8-19(14)28-22(30)23(31)29-27-13-15-9-10-20(21(11-15)33-2)34-24(32)16-5-3-6-17(25)12-16/h3-13H,1-2H3,(H,28,30)(H,29,31). The molecule has 3 aromatic carbocycles. The first-order valence-electron chi connectivity index (χ1n) is 9.83. The van der Waals surface area contributed by atoms with Gasteiger partial charge in [-0.15, -0.1) is 0 Å². The Hall–Kier alpha value is -3.88. The summed E-state index contributed by atoms with van der Waals surface area (Å²) in [5.41, 5.74) is 4.01. The van der Waals surface area contributed by atoms with Crippen LogP contribution in [0.5, 0.6) is 11.5 Å². The van der Waals surface area contributed by atoms with E-state index in [1.54, 1.807) is 55.5 Å². The second kappa shape index (κ2) is 11.3. The average molecular weight is 500 g/mol. The van der Waals surface area contributed by atoms with Crippen molar-refractivity contribution in [1.82, 2.24) is 5.43 Å². The lowest BCUT2D eigenvalue weighted by Gasteiger charge is -2.10. The molecule has 0 saturated heterocycles. The van der Waals surface area contributed by atoms with E-state index in [2.05, 4.69) is 15.8 Å². The Bertz CT molecular complexity index is 1280. The highest BCUT2D eigenvalue weighted by Crippen LogP contribution is 2.28. The summed E-state index contributed by atoms with van der Waals surface area (Å²) in [4.78, 5) is 36.5. The fourth-order valence-electron chi connectivity index (χ4n) is 2.76. The van der Waals surface area contributed by atoms with Gasteiger partial charge in [-0.25, -0.2) is 10.2 Å². The van der Waals surface area contributed by atoms with Gasteiger partial charge in [0.25, 0.3) is 0 Å². The molecule has 0 aliphatic rings. The van der Waals surface area contributed by atoms with Crippen LogP contribution in [0.15, 0.2) is 65.8 Å². The fourth-order valence-corrected chi connectivity index (χ4v) is 3.13. The molecule has 0 unspecified atom stereocenters. The third-order valence-electron chi connectivity index (χ3n) is 4.55. The number of amides is 2. The van der Waals surface area contributed by atoms with E-state index in [0.717, 1.165) is 0 Å². The number of hydrogen-bond donors (Lipinski definition) is 2. The summed E-state index contributed by atoms with van der Waals surface area (Å²) in [5.74, 6) is -2.02. The molecule has 0 aliphatic heterocycles. The number of benzene rings is 3. The molecule has 3 rings (SSSR count). The van der Waals surface area contributed by atoms with E-state index in [1.807, 2.05) is 0 Å². The van der Waals surface area contributed by atoms with E-state index >= 15 is 0 Å². The van der Waals surface area contributed by atoms with Crippen molar-refractivity contribution in [3.05, 3.63) is 87.4 Å². The van der Waals surface area contributed by atoms with Crippen LogP contribution in [0.1, 0.15) is 21.5 Å². The van der Waals surface area contributed by atoms with Crippen molar-refractivity contribution in [1.29, 1.82) is 0 Å². The third-order valence-corrected chi connectivity index (χ3v) is 5.20. The van der Waals surface area contributed by atoms with Gasteiger partial charge in [0.1, 0.15) is 0 Å². The highest BCUT2D eigenvalue weighted by molar-refractivity contribution is 6.40. The Labute approximate surface area is 205 Å². The van der Waals surface area contributed by atoms with E-state index in [4.69, 9.17) is 32.7 Å². The number of carbonyl (C=O) groups excluding carboxylic acids is 3. The topological polar surface area (TPSA) is 106 Å². The zero-order chi connectivity index (χ0) is 24.7. The van der Waals surface area contributed by atoms with Crippen LogP contribution in [-0.2, 0) is 9.59 Å². The van der Waals surface area contributed by atoms with E-state index < -0.39 is 17.8 Å². The van der Waals surface area contributed by atoms with Crippen molar-refractivity contribution in [2.24, 2.45) is 5.10 Å². The number of hydrazone groups is 1. The molecule has 3 aromatic rings. The van der Waals surface area contributed by atoms with Crippen LogP contribution >= 0.6 is 23.2 Å². The summed E-state index contributed by atoms with van der Waals surface area (Å²) >= 11 is 11.9. The quantitative estimate of drug-likeness (QED) is 0.169. The number of carbonyl (C=O) groups is 3. The zero-order valence-electron chi connectivity index (χ0n) is 18.1. The van der Waals surface area contributed by atoms with Gasteiger partial charge in [-0.3, -0.25) is 9.59 Å². The summed E-state index contributed by atoms with van der Waals surface area (Å²) in [6.45, 7) is 1.72. The Morgan fingerprint density at radius 3 is 2.44 bits per heavy atom. The van der Waals surface area contributed by atoms with Gasteiger partial charge in [-0.2, -0.15) is 5.10 Å². The first-order valence-corrected chi connectivity index (χ1v) is 10.6. The number of halogens is 2. The monoisotopic (exact) mass is 499 g/mol. The molecule has 34 heavy (non-hydrogen) atoms. The van der Waals surface area contributed by atoms with E-state index in [9.17, 15) is 14.4 Å². The zero-order valence-corrected chi connectivity index (χ0v) is 19.6. The summed E-state index contributed by atoms with van der Waals surface area (Å²) in [5, 5.41) is 7.13. The van der Waals surface area contributed by atoms with Crippen LogP contribution < -0.4 is 20.2 Å². The van der Waals surface area contributed by atoms with Crippen molar-refractivity contribution >= 4 is 52.9 Å². The van der Waals surface area contributed by atoms with Gasteiger partial charge in [-0.05, 0) is 66.6 Å². The first kappa shape index (κ1) is 24.8. The molecule has 10 heteroatoms. The van der Waals surface area contributed by atoms with Gasteiger partial charge in [-0.1, -0.05) is 35.3 Å². The normalized spacial score (nSPS) is 10.6. The summed E-state index contributed by atoms with van der Waals surface area (Å²) in [7, 11) is 1.41. The number of rotatable bonds is 6. The molecule has 0 saturated carbocycles. The minimum atomic E-state index is -0.963. The Morgan fingerprint density at radius 1 is 0.941 bits per heavy atom. The Kier molecular flexibility index (Phi) is 8.24. The van der Waals surface area contributed by atoms with Gasteiger partial charge >= 0.3 is 17.8 Å². The molecule has 8 nitrogen and oxygen atoms in total. The number of nitrogens with zero attached hydrogens (tertiary/aromatic N) is 1. The van der Waals surface area contributed by atoms with E-state index in [0.29, 0.717) is 26.9 Å². The smallest absolute Gasteiger partial charge is 0.343 e. The largest absolute Gasteiger partial charge is 0.493 e. The third kappa shape index (κ3) is 6.34. The van der Waals surface area contributed by atoms with E-state index in [1.165, 1.54) is 25.5 Å². The minimum Gasteiger partial charge on any atom is -0.493 e. The lowest BCUT2D eigenvalue weighted by atomic mass is 10.2. The number of hydrogen-bond acceptors (Lipinski definition) is 6. The van der Waals surface area contributed by atoms with Crippen LogP contribution in [0.3, 0.4) is 0 Å². The average Bonchev–Trinajstić information content (AvgIpc) is 2.82. The molecular formula is C24H19Cl2N3O5. The van der Waals surface area contributed by atoms with Crippen LogP contribution in [0.4, 0.5) is 5.69 Å². The molecule has 0 bridgehead atoms. The molecule has 0 fully saturated rings. The second-order valence-corrected chi connectivity index (χ2v) is 7.72. The van der Waals surface area contributed by atoms with Gasteiger partial charge in [0.05, 0.1) is 18.9 Å². The highest BCUT2D eigenvalue weighted by Gasteiger charge is 2.15. The van der Waals surface area contributed by atoms with Crippen molar-refractivity contribution < 1.29 is 23.9 Å². The van der Waals surface area contributed by atoms with Crippen molar-refractivity contribution in [2.45, 2.75) is 6.92 Å². The summed E-state index contributed by atoms with van der Waals surface area (Å²) < 4.78 is 10.7. The maximum Gasteiger partial charge on any atom is 0.343 e. The number of methoxy groups -OCH3 is 1. The summed E-state index contributed by atoms with van der Waals surface area (Å²) in [6, 6.07) is 16.0. The lowest BCUT2D eigenvalue weighted by Crippen LogP contribution is -2.32. The maximum absolute atomic E-state index is 12.3. The molecule has 0 heterocycles. The van der Waals surface area contributed by atoms with Gasteiger partial charge in [0.15, 0.2) is 11.5 Å². The predicted octanol–water partition coefficient (Wildman–Crippen LogP) is 4.62. The van der Waals surface area contributed by atoms with Gasteiger partial charge in [0, 0.05) is 15.7 Å². The number of esters is 1. The molecule has 0 aliphatic carbocycles. The Balaban J connectivity index is 1.62. The molecule has 0 aromatic heterocycles. The summed E-state index contributed by atoms with van der Waals surface area (Å²) in [6.07, 6.45) is 1.31. The number of nitrogens with one attached hydrogen (secondary N) is 2. The van der Waals surface area contributed by atoms with Crippen molar-refractivity contribution in [2.75, 3.05) is 12.4 Å². The van der Waals surface area contributed by atoms with Crippen molar-refractivity contribution in [3.63, 3.8) is 0 Å². The molecule has 0 radical (unpaired) electrons. The lowest BCUT2D eigenvalue weighted by molar-refractivity contribution is -0.136. The van der Waals surface area contributed by atoms with Crippen LogP contribution in [0, 0.1) is 6.92 Å². The van der Waals surface area contributed by atoms with Crippen LogP contribution in [0.2, 0.25) is 10.0 Å². The SMILES string of the molecule is COc1cc(C=NNC(=O)C(=O)Nc2cccc(Cl)c2C)ccc1OC(=O)c1cccc(Cl)c1. The van der Waals surface area contributed by atoms with Crippen LogP contribution in [-0.4, -0.2) is 31.1 Å². The molecule has 0 atom stereocenters. The minimum absolute atomic E-state index is 0.185. The molecule has 174 valence electrons. The van der Waals surface area contributed by atoms with E-state index in [-0.39, 0.29) is 17.1 Å². The fraction of sp³-hybridized carbons (Fsp3) is 0.0833. The molecule has 0 spiro atoms. The van der Waals surface area contributed by atoms with Gasteiger partial charge < -0.3 is 14.8 Å². The predicted molar refractivity (Wildman–Crippen MR) is 130 cm³/mol. The Morgan fingerprint density at radius 2 is 1.71 bits per heavy atom. The first-order chi connectivity index (χ1) is 16.3. The van der Waals surface area contributed by atoms with Crippen molar-refractivity contribution in [3.8, 4) is 11.5 Å².